The molecule has 1 aromatic rings. The van der Waals surface area contributed by atoms with E-state index in [0.29, 0.717) is 50.0 Å². The number of carbonyl (C=O) groups excluding carboxylic acids is 2. The SMILES string of the molecule is COc1cc(/C=C/C(=O)N2CCN(CC(=O)N3CCCC3)CC2)cc(OC)c1OC.O=S(=O)(O)CCO. The molecule has 2 fully saturated rings. The largest absolute Gasteiger partial charge is 0.493 e. The first kappa shape index (κ1) is 30.4. The number of carbonyl (C=O) groups is 2. The summed E-state index contributed by atoms with van der Waals surface area (Å²) in [4.78, 5) is 30.8. The lowest BCUT2D eigenvalue weighted by Gasteiger charge is -2.34. The molecule has 1 aromatic carbocycles. The summed E-state index contributed by atoms with van der Waals surface area (Å²) in [6.45, 7) is 4.33. The van der Waals surface area contributed by atoms with Crippen LogP contribution in [-0.2, 0) is 19.7 Å². The van der Waals surface area contributed by atoms with Crippen molar-refractivity contribution in [3.8, 4) is 17.2 Å². The normalized spacial score (nSPS) is 16.4. The van der Waals surface area contributed by atoms with Crippen molar-refractivity contribution in [3.05, 3.63) is 23.8 Å². The van der Waals surface area contributed by atoms with Crippen molar-refractivity contribution in [2.75, 3.05) is 79.5 Å². The number of nitrogens with zero attached hydrogens (tertiary/aromatic N) is 3. The van der Waals surface area contributed by atoms with Gasteiger partial charge in [0.25, 0.3) is 10.1 Å². The predicted molar refractivity (Wildman–Crippen MR) is 137 cm³/mol. The monoisotopic (exact) mass is 543 g/mol. The van der Waals surface area contributed by atoms with Crippen LogP contribution in [0.25, 0.3) is 6.08 Å². The van der Waals surface area contributed by atoms with Crippen molar-refractivity contribution >= 4 is 28.0 Å². The molecule has 0 unspecified atom stereocenters. The highest BCUT2D eigenvalue weighted by Crippen LogP contribution is 2.38. The van der Waals surface area contributed by atoms with E-state index in [2.05, 4.69) is 4.90 Å². The van der Waals surface area contributed by atoms with Gasteiger partial charge in [-0.05, 0) is 36.6 Å². The maximum Gasteiger partial charge on any atom is 0.267 e. The number of hydrogen-bond donors (Lipinski definition) is 2. The van der Waals surface area contributed by atoms with Gasteiger partial charge in [0.15, 0.2) is 11.5 Å². The van der Waals surface area contributed by atoms with Crippen LogP contribution in [0.15, 0.2) is 18.2 Å². The Labute approximate surface area is 218 Å². The van der Waals surface area contributed by atoms with Gasteiger partial charge in [0.1, 0.15) is 0 Å². The minimum absolute atomic E-state index is 0.0470. The molecular weight excluding hydrogens is 506 g/mol. The zero-order valence-corrected chi connectivity index (χ0v) is 22.4. The first-order chi connectivity index (χ1) is 17.6. The first-order valence-corrected chi connectivity index (χ1v) is 13.6. The van der Waals surface area contributed by atoms with Gasteiger partial charge < -0.3 is 29.1 Å². The van der Waals surface area contributed by atoms with Crippen LogP contribution in [0.2, 0.25) is 0 Å². The fourth-order valence-corrected chi connectivity index (χ4v) is 4.20. The maximum absolute atomic E-state index is 12.6. The maximum atomic E-state index is 12.6. The first-order valence-electron chi connectivity index (χ1n) is 11.9. The fraction of sp³-hybridized carbons (Fsp3) is 0.583. The molecule has 37 heavy (non-hydrogen) atoms. The van der Waals surface area contributed by atoms with Gasteiger partial charge in [0.05, 0.1) is 40.2 Å². The zero-order valence-electron chi connectivity index (χ0n) is 21.6. The summed E-state index contributed by atoms with van der Waals surface area (Å²) in [7, 11) is 0.748. The second-order valence-electron chi connectivity index (χ2n) is 8.49. The molecule has 2 aliphatic rings. The third-order valence-corrected chi connectivity index (χ3v) is 6.65. The lowest BCUT2D eigenvalue weighted by molar-refractivity contribution is -0.132. The Hall–Kier alpha value is -2.87. The quantitative estimate of drug-likeness (QED) is 0.331. The van der Waals surface area contributed by atoms with Crippen molar-refractivity contribution < 1.29 is 41.9 Å². The van der Waals surface area contributed by atoms with Crippen molar-refractivity contribution in [2.45, 2.75) is 12.8 Å². The number of aliphatic hydroxyl groups is 1. The van der Waals surface area contributed by atoms with Gasteiger partial charge in [0.2, 0.25) is 17.6 Å². The second kappa shape index (κ2) is 14.8. The van der Waals surface area contributed by atoms with E-state index in [1.807, 2.05) is 9.80 Å². The summed E-state index contributed by atoms with van der Waals surface area (Å²) in [5.74, 6) is 1.18. The van der Waals surface area contributed by atoms with E-state index in [-0.39, 0.29) is 11.8 Å². The number of benzene rings is 1. The number of aliphatic hydroxyl groups excluding tert-OH is 1. The van der Waals surface area contributed by atoms with Gasteiger partial charge in [-0.25, -0.2) is 0 Å². The molecule has 0 bridgehead atoms. The fourth-order valence-electron chi connectivity index (χ4n) is 3.97. The zero-order chi connectivity index (χ0) is 27.4. The molecule has 0 radical (unpaired) electrons. The topological polar surface area (TPSA) is 146 Å². The van der Waals surface area contributed by atoms with Crippen molar-refractivity contribution in [2.24, 2.45) is 0 Å². The van der Waals surface area contributed by atoms with E-state index in [1.165, 1.54) is 0 Å². The van der Waals surface area contributed by atoms with Crippen LogP contribution < -0.4 is 14.2 Å². The Bertz CT molecular complexity index is 1010. The summed E-state index contributed by atoms with van der Waals surface area (Å²) in [5, 5.41) is 7.86. The number of rotatable bonds is 9. The summed E-state index contributed by atoms with van der Waals surface area (Å²) >= 11 is 0. The van der Waals surface area contributed by atoms with E-state index in [9.17, 15) is 18.0 Å². The predicted octanol–water partition coefficient (Wildman–Crippen LogP) is 0.359. The molecule has 208 valence electrons. The molecule has 2 aliphatic heterocycles. The summed E-state index contributed by atoms with van der Waals surface area (Å²) in [5.41, 5.74) is 0.785. The van der Waals surface area contributed by atoms with E-state index >= 15 is 0 Å². The van der Waals surface area contributed by atoms with Crippen molar-refractivity contribution in [3.63, 3.8) is 0 Å². The average Bonchev–Trinajstić information content (AvgIpc) is 3.42. The standard InChI is InChI=1S/C22H31N3O5.C2H6O4S/c1-28-18-14-17(15-19(29-2)22(18)30-3)6-7-20(26)25-12-10-23(11-13-25)16-21(27)24-8-4-5-9-24;3-1-2-7(4,5)6/h6-7,14-15H,4-5,8-13,16H2,1-3H3;3H,1-2H2,(H,4,5,6)/b7-6+;. The van der Waals surface area contributed by atoms with Crippen LogP contribution in [0.5, 0.6) is 17.2 Å². The molecule has 0 aliphatic carbocycles. The van der Waals surface area contributed by atoms with E-state index in [1.54, 1.807) is 45.6 Å². The number of piperazine rings is 1. The summed E-state index contributed by atoms with van der Waals surface area (Å²) < 4.78 is 43.1. The van der Waals surface area contributed by atoms with Gasteiger partial charge in [-0.3, -0.25) is 19.0 Å². The number of ether oxygens (including phenoxy) is 3. The minimum atomic E-state index is -3.92. The van der Waals surface area contributed by atoms with Crippen LogP contribution in [0, 0.1) is 0 Å². The highest BCUT2D eigenvalue weighted by molar-refractivity contribution is 7.85. The van der Waals surface area contributed by atoms with Gasteiger partial charge in [0, 0.05) is 45.3 Å². The van der Waals surface area contributed by atoms with Crippen LogP contribution in [-0.4, -0.2) is 124 Å². The van der Waals surface area contributed by atoms with Gasteiger partial charge in [-0.2, -0.15) is 8.42 Å². The molecule has 0 atom stereocenters. The molecule has 0 spiro atoms. The molecule has 0 aromatic heterocycles. The third-order valence-electron chi connectivity index (χ3n) is 5.96. The van der Waals surface area contributed by atoms with Crippen LogP contribution >= 0.6 is 0 Å². The highest BCUT2D eigenvalue weighted by Gasteiger charge is 2.24. The Kier molecular flexibility index (Phi) is 12.1. The highest BCUT2D eigenvalue weighted by atomic mass is 32.2. The molecule has 2 N–H and O–H groups in total. The van der Waals surface area contributed by atoms with Crippen LogP contribution in [0.4, 0.5) is 0 Å². The van der Waals surface area contributed by atoms with Crippen LogP contribution in [0.1, 0.15) is 18.4 Å². The third kappa shape index (κ3) is 9.84. The second-order valence-corrected chi connectivity index (χ2v) is 10.1. The Morgan fingerprint density at radius 1 is 0.919 bits per heavy atom. The van der Waals surface area contributed by atoms with E-state index < -0.39 is 22.5 Å². The molecule has 13 heteroatoms. The summed E-state index contributed by atoms with van der Waals surface area (Å²) in [6.07, 6.45) is 5.51. The molecule has 12 nitrogen and oxygen atoms in total. The van der Waals surface area contributed by atoms with Gasteiger partial charge >= 0.3 is 0 Å². The number of amides is 2. The van der Waals surface area contributed by atoms with Crippen molar-refractivity contribution in [1.29, 1.82) is 0 Å². The molecule has 2 saturated heterocycles. The molecule has 3 rings (SSSR count). The number of likely N-dealkylation sites (tertiary alicyclic amines) is 1. The Balaban J connectivity index is 0.000000604. The lowest BCUT2D eigenvalue weighted by atomic mass is 10.1. The van der Waals surface area contributed by atoms with Gasteiger partial charge in [-0.15, -0.1) is 0 Å². The van der Waals surface area contributed by atoms with Gasteiger partial charge in [-0.1, -0.05) is 0 Å². The summed E-state index contributed by atoms with van der Waals surface area (Å²) in [6, 6.07) is 3.60. The Morgan fingerprint density at radius 3 is 1.92 bits per heavy atom. The molecular formula is C24H37N3O9S. The molecule has 0 saturated carbocycles. The average molecular weight is 544 g/mol. The number of methoxy groups -OCH3 is 3. The lowest BCUT2D eigenvalue weighted by Crippen LogP contribution is -2.51. The van der Waals surface area contributed by atoms with E-state index in [0.717, 1.165) is 31.5 Å². The number of hydrogen-bond acceptors (Lipinski definition) is 9. The smallest absolute Gasteiger partial charge is 0.267 e. The molecule has 2 heterocycles. The van der Waals surface area contributed by atoms with E-state index in [4.69, 9.17) is 23.9 Å². The molecule has 2 amide bonds. The van der Waals surface area contributed by atoms with Crippen LogP contribution in [0.3, 0.4) is 0 Å². The van der Waals surface area contributed by atoms with Crippen molar-refractivity contribution in [1.82, 2.24) is 14.7 Å². The Morgan fingerprint density at radius 2 is 1.49 bits per heavy atom. The minimum Gasteiger partial charge on any atom is -0.493 e.